The smallest absolute Gasteiger partial charge is 0.321 e. The van der Waals surface area contributed by atoms with Crippen LogP contribution >= 0.6 is 0 Å². The molecule has 0 radical (unpaired) electrons. The van der Waals surface area contributed by atoms with E-state index in [1.807, 2.05) is 6.92 Å². The van der Waals surface area contributed by atoms with Crippen molar-refractivity contribution in [1.82, 2.24) is 20.2 Å². The highest BCUT2D eigenvalue weighted by atomic mass is 16.2. The van der Waals surface area contributed by atoms with E-state index >= 15 is 0 Å². The van der Waals surface area contributed by atoms with E-state index in [0.29, 0.717) is 43.4 Å². The number of aromatic nitrogens is 2. The van der Waals surface area contributed by atoms with Crippen molar-refractivity contribution in [2.75, 3.05) is 43.4 Å². The molecule has 0 atom stereocenters. The van der Waals surface area contributed by atoms with Gasteiger partial charge < -0.3 is 20.4 Å². The number of hydrogen-bond donors (Lipinski definition) is 2. The zero-order valence-electron chi connectivity index (χ0n) is 14.9. The number of urea groups is 1. The summed E-state index contributed by atoms with van der Waals surface area (Å²) in [6.07, 6.45) is 3.43. The van der Waals surface area contributed by atoms with Crippen LogP contribution in [0, 0.1) is 6.92 Å². The number of rotatable bonds is 3. The van der Waals surface area contributed by atoms with Crippen LogP contribution in [0.5, 0.6) is 0 Å². The molecule has 1 saturated heterocycles. The van der Waals surface area contributed by atoms with Crippen molar-refractivity contribution >= 4 is 23.6 Å². The molecule has 8 heteroatoms. The summed E-state index contributed by atoms with van der Waals surface area (Å²) in [6, 6.07) is 6.86. The minimum atomic E-state index is -0.148. The van der Waals surface area contributed by atoms with E-state index in [2.05, 4.69) is 25.5 Å². The van der Waals surface area contributed by atoms with Crippen LogP contribution in [-0.4, -0.2) is 60.0 Å². The fourth-order valence-corrected chi connectivity index (χ4v) is 2.85. The Morgan fingerprint density at radius 1 is 1.08 bits per heavy atom. The Balaban J connectivity index is 1.58. The Morgan fingerprint density at radius 2 is 1.77 bits per heavy atom. The maximum absolute atomic E-state index is 12.5. The van der Waals surface area contributed by atoms with E-state index < -0.39 is 0 Å². The van der Waals surface area contributed by atoms with Crippen LogP contribution in [-0.2, 0) is 0 Å². The van der Waals surface area contributed by atoms with Crippen LogP contribution in [0.1, 0.15) is 15.9 Å². The normalized spacial score (nSPS) is 14.1. The molecule has 26 heavy (non-hydrogen) atoms. The number of anilines is 2. The Kier molecular flexibility index (Phi) is 5.31. The average molecular weight is 354 g/mol. The molecule has 0 spiro atoms. The van der Waals surface area contributed by atoms with Crippen molar-refractivity contribution in [3.05, 3.63) is 47.8 Å². The number of nitrogens with zero attached hydrogens (tertiary/aromatic N) is 4. The average Bonchev–Trinajstić information content (AvgIpc) is 2.69. The first kappa shape index (κ1) is 17.7. The molecule has 1 fully saturated rings. The Bertz CT molecular complexity index is 788. The van der Waals surface area contributed by atoms with Gasteiger partial charge in [0.1, 0.15) is 0 Å². The summed E-state index contributed by atoms with van der Waals surface area (Å²) in [7, 11) is 1.59. The van der Waals surface area contributed by atoms with Gasteiger partial charge in [0.15, 0.2) is 0 Å². The van der Waals surface area contributed by atoms with Crippen molar-refractivity contribution in [3.8, 4) is 0 Å². The highest BCUT2D eigenvalue weighted by Gasteiger charge is 2.22. The molecule has 8 nitrogen and oxygen atoms in total. The predicted molar refractivity (Wildman–Crippen MR) is 99.4 cm³/mol. The van der Waals surface area contributed by atoms with Gasteiger partial charge in [-0.3, -0.25) is 4.79 Å². The lowest BCUT2D eigenvalue weighted by atomic mass is 10.1. The van der Waals surface area contributed by atoms with E-state index in [1.54, 1.807) is 48.6 Å². The van der Waals surface area contributed by atoms with E-state index in [0.717, 1.165) is 5.56 Å². The zero-order chi connectivity index (χ0) is 18.5. The van der Waals surface area contributed by atoms with Gasteiger partial charge in [-0.25, -0.2) is 14.8 Å². The molecule has 1 aliphatic heterocycles. The van der Waals surface area contributed by atoms with Gasteiger partial charge in [-0.15, -0.1) is 0 Å². The summed E-state index contributed by atoms with van der Waals surface area (Å²) in [6.45, 7) is 4.43. The predicted octanol–water partition coefficient (Wildman–Crippen LogP) is 1.50. The van der Waals surface area contributed by atoms with Crippen molar-refractivity contribution in [3.63, 3.8) is 0 Å². The van der Waals surface area contributed by atoms with Crippen molar-refractivity contribution in [2.45, 2.75) is 6.92 Å². The number of benzene rings is 1. The number of carbonyl (C=O) groups is 2. The fourth-order valence-electron chi connectivity index (χ4n) is 2.85. The number of aryl methyl sites for hydroxylation is 1. The Labute approximate surface area is 152 Å². The quantitative estimate of drug-likeness (QED) is 0.872. The van der Waals surface area contributed by atoms with E-state index in [9.17, 15) is 9.59 Å². The minimum absolute atomic E-state index is 0.144. The van der Waals surface area contributed by atoms with Gasteiger partial charge in [-0.1, -0.05) is 0 Å². The standard InChI is InChI=1S/C18H22N6O2/c1-13-12-14(16(25)19-2)4-5-15(13)22-18(26)24-10-8-23(9-11-24)17-20-6-3-7-21-17/h3-7,12H,8-11H2,1-2H3,(H,19,25)(H,22,26). The number of nitrogens with one attached hydrogen (secondary N) is 2. The molecular weight excluding hydrogens is 332 g/mol. The molecule has 1 aromatic heterocycles. The van der Waals surface area contributed by atoms with Gasteiger partial charge >= 0.3 is 6.03 Å². The van der Waals surface area contributed by atoms with Crippen LogP contribution in [0.3, 0.4) is 0 Å². The minimum Gasteiger partial charge on any atom is -0.355 e. The summed E-state index contributed by atoms with van der Waals surface area (Å²) < 4.78 is 0. The summed E-state index contributed by atoms with van der Waals surface area (Å²) in [4.78, 5) is 36.5. The number of piperazine rings is 1. The molecule has 3 rings (SSSR count). The van der Waals surface area contributed by atoms with Gasteiger partial charge in [-0.05, 0) is 36.8 Å². The molecule has 1 aliphatic rings. The third-order valence-electron chi connectivity index (χ3n) is 4.36. The van der Waals surface area contributed by atoms with Crippen LogP contribution in [0.4, 0.5) is 16.4 Å². The third-order valence-corrected chi connectivity index (χ3v) is 4.36. The van der Waals surface area contributed by atoms with E-state index in [-0.39, 0.29) is 11.9 Å². The maximum Gasteiger partial charge on any atom is 0.321 e. The van der Waals surface area contributed by atoms with Crippen LogP contribution in [0.2, 0.25) is 0 Å². The van der Waals surface area contributed by atoms with E-state index in [1.165, 1.54) is 0 Å². The topological polar surface area (TPSA) is 90.5 Å². The second kappa shape index (κ2) is 7.81. The molecule has 0 bridgehead atoms. The lowest BCUT2D eigenvalue weighted by Gasteiger charge is -2.34. The fraction of sp³-hybridized carbons (Fsp3) is 0.333. The van der Waals surface area contributed by atoms with Crippen LogP contribution in [0.25, 0.3) is 0 Å². The molecule has 136 valence electrons. The van der Waals surface area contributed by atoms with Crippen LogP contribution < -0.4 is 15.5 Å². The van der Waals surface area contributed by atoms with Gasteiger partial charge in [0.25, 0.3) is 5.91 Å². The molecule has 0 aliphatic carbocycles. The lowest BCUT2D eigenvalue weighted by molar-refractivity contribution is 0.0963. The highest BCUT2D eigenvalue weighted by molar-refractivity contribution is 5.96. The summed E-state index contributed by atoms with van der Waals surface area (Å²) in [5.74, 6) is 0.540. The van der Waals surface area contributed by atoms with Gasteiger partial charge in [0.2, 0.25) is 5.95 Å². The number of carbonyl (C=O) groups excluding carboxylic acids is 2. The molecule has 2 N–H and O–H groups in total. The first-order valence-electron chi connectivity index (χ1n) is 8.49. The molecule has 1 aromatic carbocycles. The molecule has 3 amide bonds. The highest BCUT2D eigenvalue weighted by Crippen LogP contribution is 2.18. The molecule has 2 aromatic rings. The van der Waals surface area contributed by atoms with Crippen molar-refractivity contribution < 1.29 is 9.59 Å². The van der Waals surface area contributed by atoms with Gasteiger partial charge in [0, 0.05) is 56.9 Å². The number of amides is 3. The summed E-state index contributed by atoms with van der Waals surface area (Å²) in [5, 5.41) is 5.51. The Morgan fingerprint density at radius 3 is 2.38 bits per heavy atom. The lowest BCUT2D eigenvalue weighted by Crippen LogP contribution is -2.50. The first-order chi connectivity index (χ1) is 12.6. The largest absolute Gasteiger partial charge is 0.355 e. The van der Waals surface area contributed by atoms with E-state index in [4.69, 9.17) is 0 Å². The first-order valence-corrected chi connectivity index (χ1v) is 8.49. The van der Waals surface area contributed by atoms with Crippen molar-refractivity contribution in [2.24, 2.45) is 0 Å². The summed E-state index contributed by atoms with van der Waals surface area (Å²) in [5.41, 5.74) is 2.12. The third kappa shape index (κ3) is 3.90. The van der Waals surface area contributed by atoms with Gasteiger partial charge in [0.05, 0.1) is 0 Å². The Hall–Kier alpha value is -3.16. The van der Waals surface area contributed by atoms with Crippen LogP contribution in [0.15, 0.2) is 36.7 Å². The molecule has 0 saturated carbocycles. The molecule has 0 unspecified atom stereocenters. The van der Waals surface area contributed by atoms with Crippen molar-refractivity contribution in [1.29, 1.82) is 0 Å². The summed E-state index contributed by atoms with van der Waals surface area (Å²) >= 11 is 0. The maximum atomic E-state index is 12.5. The number of hydrogen-bond acceptors (Lipinski definition) is 5. The second-order valence-corrected chi connectivity index (χ2v) is 6.06. The monoisotopic (exact) mass is 354 g/mol. The molecular formula is C18H22N6O2. The molecule has 2 heterocycles. The SMILES string of the molecule is CNC(=O)c1ccc(NC(=O)N2CCN(c3ncccn3)CC2)c(C)c1. The van der Waals surface area contributed by atoms with Gasteiger partial charge in [-0.2, -0.15) is 0 Å². The zero-order valence-corrected chi connectivity index (χ0v) is 14.9. The second-order valence-electron chi connectivity index (χ2n) is 6.06.